The normalized spacial score (nSPS) is 15.0. The van der Waals surface area contributed by atoms with Gasteiger partial charge < -0.3 is 0 Å². The number of aromatic nitrogens is 4. The first-order chi connectivity index (χ1) is 9.31. The Hall–Kier alpha value is -1.75. The Balaban J connectivity index is 1.88. The third-order valence-electron chi connectivity index (χ3n) is 3.37. The van der Waals surface area contributed by atoms with Crippen LogP contribution in [0.1, 0.15) is 24.5 Å². The molecular formula is C14H11BrN4. The number of imidazole rings is 1. The zero-order chi connectivity index (χ0) is 12.8. The zero-order valence-electron chi connectivity index (χ0n) is 10.1. The van der Waals surface area contributed by atoms with Crippen LogP contribution >= 0.6 is 15.9 Å². The van der Waals surface area contributed by atoms with Gasteiger partial charge >= 0.3 is 0 Å². The van der Waals surface area contributed by atoms with E-state index in [0.717, 1.165) is 15.7 Å². The number of hydrogen-bond donors (Lipinski definition) is 0. The summed E-state index contributed by atoms with van der Waals surface area (Å²) in [5.74, 6) is 1.29. The molecule has 5 heteroatoms. The average Bonchev–Trinajstić information content (AvgIpc) is 3.18. The summed E-state index contributed by atoms with van der Waals surface area (Å²) in [6.45, 7) is 0. The van der Waals surface area contributed by atoms with E-state index >= 15 is 0 Å². The van der Waals surface area contributed by atoms with E-state index in [1.165, 1.54) is 18.5 Å². The van der Waals surface area contributed by atoms with Crippen molar-refractivity contribution in [2.45, 2.75) is 18.8 Å². The highest BCUT2D eigenvalue weighted by atomic mass is 79.9. The van der Waals surface area contributed by atoms with Gasteiger partial charge in [0.15, 0.2) is 0 Å². The molecule has 0 radical (unpaired) electrons. The first-order valence-corrected chi connectivity index (χ1v) is 7.07. The summed E-state index contributed by atoms with van der Waals surface area (Å²) in [4.78, 5) is 8.70. The van der Waals surface area contributed by atoms with Crippen LogP contribution in [0.25, 0.3) is 17.0 Å². The van der Waals surface area contributed by atoms with Crippen LogP contribution in [0.4, 0.5) is 0 Å². The molecule has 2 heterocycles. The smallest absolute Gasteiger partial charge is 0.218 e. The molecule has 3 aromatic rings. The number of nitrogens with zero attached hydrogens (tertiary/aromatic N) is 4. The van der Waals surface area contributed by atoms with E-state index in [1.807, 2.05) is 35.0 Å². The molecule has 0 aliphatic heterocycles. The van der Waals surface area contributed by atoms with Gasteiger partial charge in [-0.1, -0.05) is 28.1 Å². The van der Waals surface area contributed by atoms with Crippen LogP contribution in [0, 0.1) is 0 Å². The third kappa shape index (κ3) is 1.94. The van der Waals surface area contributed by atoms with E-state index in [-0.39, 0.29) is 0 Å². The largest absolute Gasteiger partial charge is 0.250 e. The van der Waals surface area contributed by atoms with Crippen LogP contribution in [0.5, 0.6) is 0 Å². The number of hydrogen-bond acceptors (Lipinski definition) is 3. The summed E-state index contributed by atoms with van der Waals surface area (Å²) in [6, 6.07) is 8.08. The van der Waals surface area contributed by atoms with Crippen molar-refractivity contribution in [3.8, 4) is 11.3 Å². The molecule has 19 heavy (non-hydrogen) atoms. The maximum Gasteiger partial charge on any atom is 0.250 e. The van der Waals surface area contributed by atoms with E-state index in [4.69, 9.17) is 0 Å². The van der Waals surface area contributed by atoms with Crippen molar-refractivity contribution in [1.82, 2.24) is 19.6 Å². The van der Waals surface area contributed by atoms with Gasteiger partial charge in [0, 0.05) is 16.0 Å². The van der Waals surface area contributed by atoms with Crippen LogP contribution in [0.3, 0.4) is 0 Å². The maximum absolute atomic E-state index is 4.68. The highest BCUT2D eigenvalue weighted by Gasteiger charge is 2.27. The lowest BCUT2D eigenvalue weighted by molar-refractivity contribution is 0.838. The SMILES string of the molecule is Brc1cccc(-c2cnc3ncc(C4CC4)n3n2)c1. The van der Waals surface area contributed by atoms with E-state index in [2.05, 4.69) is 31.0 Å². The Labute approximate surface area is 118 Å². The van der Waals surface area contributed by atoms with Gasteiger partial charge in [0.25, 0.3) is 5.78 Å². The van der Waals surface area contributed by atoms with Gasteiger partial charge in [-0.25, -0.2) is 14.5 Å². The Morgan fingerprint density at radius 3 is 2.79 bits per heavy atom. The van der Waals surface area contributed by atoms with Gasteiger partial charge in [-0.2, -0.15) is 5.10 Å². The minimum atomic E-state index is 0.613. The van der Waals surface area contributed by atoms with Crippen LogP contribution in [0.15, 0.2) is 41.1 Å². The van der Waals surface area contributed by atoms with Crippen LogP contribution < -0.4 is 0 Å². The Bertz CT molecular complexity index is 761. The minimum absolute atomic E-state index is 0.613. The highest BCUT2D eigenvalue weighted by molar-refractivity contribution is 9.10. The van der Waals surface area contributed by atoms with Crippen molar-refractivity contribution in [3.63, 3.8) is 0 Å². The van der Waals surface area contributed by atoms with Crippen molar-refractivity contribution in [3.05, 3.63) is 46.8 Å². The van der Waals surface area contributed by atoms with Gasteiger partial charge in [0.2, 0.25) is 0 Å². The molecule has 0 saturated heterocycles. The highest BCUT2D eigenvalue weighted by Crippen LogP contribution is 2.39. The Morgan fingerprint density at radius 1 is 1.16 bits per heavy atom. The van der Waals surface area contributed by atoms with Crippen LogP contribution in [-0.2, 0) is 0 Å². The monoisotopic (exact) mass is 314 g/mol. The molecule has 0 unspecified atom stereocenters. The van der Waals surface area contributed by atoms with E-state index in [0.29, 0.717) is 11.7 Å². The third-order valence-corrected chi connectivity index (χ3v) is 3.87. The van der Waals surface area contributed by atoms with Crippen molar-refractivity contribution < 1.29 is 0 Å². The van der Waals surface area contributed by atoms with Gasteiger partial charge in [-0.15, -0.1) is 0 Å². The van der Waals surface area contributed by atoms with Gasteiger partial charge in [0.1, 0.15) is 5.69 Å². The van der Waals surface area contributed by atoms with Gasteiger partial charge in [0.05, 0.1) is 18.1 Å². The lowest BCUT2D eigenvalue weighted by Gasteiger charge is -2.03. The van der Waals surface area contributed by atoms with Crippen molar-refractivity contribution >= 4 is 21.7 Å². The van der Waals surface area contributed by atoms with Crippen molar-refractivity contribution in [2.24, 2.45) is 0 Å². The molecule has 1 aliphatic carbocycles. The molecule has 1 saturated carbocycles. The average molecular weight is 315 g/mol. The van der Waals surface area contributed by atoms with E-state index < -0.39 is 0 Å². The number of rotatable bonds is 2. The summed E-state index contributed by atoms with van der Waals surface area (Å²) in [6.07, 6.45) is 6.14. The second kappa shape index (κ2) is 4.13. The lowest BCUT2D eigenvalue weighted by atomic mass is 10.2. The predicted octanol–water partition coefficient (Wildman–Crippen LogP) is 3.43. The van der Waals surface area contributed by atoms with Gasteiger partial charge in [-0.05, 0) is 25.0 Å². The minimum Gasteiger partial charge on any atom is -0.218 e. The number of fused-ring (bicyclic) bond motifs is 1. The van der Waals surface area contributed by atoms with E-state index in [9.17, 15) is 0 Å². The molecule has 0 N–H and O–H groups in total. The Kier molecular flexibility index (Phi) is 2.41. The molecule has 1 aliphatic rings. The topological polar surface area (TPSA) is 43.1 Å². The molecule has 4 nitrogen and oxygen atoms in total. The predicted molar refractivity (Wildman–Crippen MR) is 75.9 cm³/mol. The first kappa shape index (κ1) is 11.1. The molecule has 0 atom stereocenters. The molecule has 4 rings (SSSR count). The van der Waals surface area contributed by atoms with Crippen LogP contribution in [-0.4, -0.2) is 19.6 Å². The Morgan fingerprint density at radius 2 is 2.00 bits per heavy atom. The fourth-order valence-electron chi connectivity index (χ4n) is 2.23. The number of halogens is 1. The molecule has 0 bridgehead atoms. The fraction of sp³-hybridized carbons (Fsp3) is 0.214. The molecule has 2 aromatic heterocycles. The standard InChI is InChI=1S/C14H11BrN4/c15-11-3-1-2-10(6-11)12-7-16-14-17-8-13(9-4-5-9)19(14)18-12/h1-3,6-9H,4-5H2. The quantitative estimate of drug-likeness (QED) is 0.727. The molecule has 1 fully saturated rings. The first-order valence-electron chi connectivity index (χ1n) is 6.28. The summed E-state index contributed by atoms with van der Waals surface area (Å²) in [7, 11) is 0. The maximum atomic E-state index is 4.68. The molecule has 0 spiro atoms. The summed E-state index contributed by atoms with van der Waals surface area (Å²) in [5, 5.41) is 4.68. The van der Waals surface area contributed by atoms with Crippen LogP contribution in [0.2, 0.25) is 0 Å². The molecule has 0 amide bonds. The summed E-state index contributed by atoms with van der Waals surface area (Å²) >= 11 is 3.48. The molecule has 1 aromatic carbocycles. The summed E-state index contributed by atoms with van der Waals surface area (Å²) in [5.41, 5.74) is 3.10. The van der Waals surface area contributed by atoms with Crippen molar-refractivity contribution in [2.75, 3.05) is 0 Å². The van der Waals surface area contributed by atoms with E-state index in [1.54, 1.807) is 6.20 Å². The number of benzene rings is 1. The van der Waals surface area contributed by atoms with Crippen molar-refractivity contribution in [1.29, 1.82) is 0 Å². The fourth-order valence-corrected chi connectivity index (χ4v) is 2.63. The summed E-state index contributed by atoms with van der Waals surface area (Å²) < 4.78 is 2.92. The second-order valence-corrected chi connectivity index (χ2v) is 5.74. The zero-order valence-corrected chi connectivity index (χ0v) is 11.7. The second-order valence-electron chi connectivity index (χ2n) is 4.82. The lowest BCUT2D eigenvalue weighted by Crippen LogP contribution is -2.00. The molecule has 94 valence electrons. The molecular weight excluding hydrogens is 304 g/mol. The van der Waals surface area contributed by atoms with Gasteiger partial charge in [-0.3, -0.25) is 0 Å².